The molecule has 0 radical (unpaired) electrons. The van der Waals surface area contributed by atoms with Crippen LogP contribution in [-0.4, -0.2) is 77.5 Å². The highest BCUT2D eigenvalue weighted by Crippen LogP contribution is 2.28. The normalized spacial score (nSPS) is 24.0. The molecule has 0 bridgehead atoms. The lowest BCUT2D eigenvalue weighted by Crippen LogP contribution is -2.54. The van der Waals surface area contributed by atoms with E-state index in [1.165, 1.54) is 25.7 Å². The summed E-state index contributed by atoms with van der Waals surface area (Å²) in [6.07, 6.45) is 6.82. The number of hydrogen-bond donors (Lipinski definition) is 0. The van der Waals surface area contributed by atoms with Gasteiger partial charge in [-0.25, -0.2) is 4.79 Å². The second kappa shape index (κ2) is 9.35. The van der Waals surface area contributed by atoms with Crippen LogP contribution in [0.3, 0.4) is 0 Å². The van der Waals surface area contributed by atoms with Crippen LogP contribution in [0.25, 0.3) is 0 Å². The third kappa shape index (κ3) is 6.09. The minimum Gasteiger partial charge on any atom is -0.444 e. The van der Waals surface area contributed by atoms with E-state index in [0.29, 0.717) is 51.6 Å². The van der Waals surface area contributed by atoms with Crippen molar-refractivity contribution in [2.24, 2.45) is 11.8 Å². The zero-order valence-electron chi connectivity index (χ0n) is 18.3. The highest BCUT2D eigenvalue weighted by molar-refractivity contribution is 5.81. The van der Waals surface area contributed by atoms with Gasteiger partial charge in [0.2, 0.25) is 11.8 Å². The number of carbonyl (C=O) groups excluding carboxylic acids is 3. The number of hydrogen-bond acceptors (Lipinski definition) is 4. The molecule has 0 N–H and O–H groups in total. The fourth-order valence-electron chi connectivity index (χ4n) is 4.70. The second-order valence-electron chi connectivity index (χ2n) is 9.83. The predicted octanol–water partition coefficient (Wildman–Crippen LogP) is 2.88. The van der Waals surface area contributed by atoms with Crippen LogP contribution in [0.4, 0.5) is 4.79 Å². The van der Waals surface area contributed by atoms with E-state index in [-0.39, 0.29) is 23.8 Å². The molecule has 2 heterocycles. The number of rotatable bonds is 3. The molecule has 2 saturated heterocycles. The van der Waals surface area contributed by atoms with Crippen LogP contribution in [0, 0.1) is 11.8 Å². The summed E-state index contributed by atoms with van der Waals surface area (Å²) in [6, 6.07) is 0. The van der Waals surface area contributed by atoms with E-state index < -0.39 is 5.60 Å². The first-order valence-electron chi connectivity index (χ1n) is 11.3. The van der Waals surface area contributed by atoms with E-state index in [4.69, 9.17) is 4.74 Å². The number of piperidine rings is 1. The van der Waals surface area contributed by atoms with Crippen LogP contribution in [0.1, 0.15) is 65.7 Å². The monoisotopic (exact) mass is 407 g/mol. The van der Waals surface area contributed by atoms with Gasteiger partial charge in [0.05, 0.1) is 5.92 Å². The standard InChI is InChI=1S/C22H37N3O4/c1-22(2,3)29-21(28)25-10-6-9-18(16-25)20(27)24-13-11-23(12-14-24)19(26)15-17-7-4-5-8-17/h17-18H,4-16H2,1-3H3. The van der Waals surface area contributed by atoms with E-state index in [9.17, 15) is 14.4 Å². The number of carbonyl (C=O) groups is 3. The second-order valence-corrected chi connectivity index (χ2v) is 9.83. The molecule has 2 aliphatic heterocycles. The number of amides is 3. The molecule has 29 heavy (non-hydrogen) atoms. The van der Waals surface area contributed by atoms with Crippen LogP contribution < -0.4 is 0 Å². The lowest BCUT2D eigenvalue weighted by atomic mass is 9.96. The van der Waals surface area contributed by atoms with Crippen LogP contribution in [0.5, 0.6) is 0 Å². The Bertz CT molecular complexity index is 602. The maximum Gasteiger partial charge on any atom is 0.410 e. The van der Waals surface area contributed by atoms with Crippen molar-refractivity contribution in [2.45, 2.75) is 71.3 Å². The average molecular weight is 408 g/mol. The number of piperazine rings is 1. The maximum atomic E-state index is 13.0. The van der Waals surface area contributed by atoms with Crippen LogP contribution in [0.15, 0.2) is 0 Å². The van der Waals surface area contributed by atoms with Gasteiger partial charge in [0.1, 0.15) is 5.60 Å². The summed E-state index contributed by atoms with van der Waals surface area (Å²) in [4.78, 5) is 43.4. The van der Waals surface area contributed by atoms with E-state index in [0.717, 1.165) is 12.8 Å². The van der Waals surface area contributed by atoms with Crippen molar-refractivity contribution in [1.82, 2.24) is 14.7 Å². The molecule has 0 aromatic heterocycles. The highest BCUT2D eigenvalue weighted by atomic mass is 16.6. The maximum absolute atomic E-state index is 13.0. The van der Waals surface area contributed by atoms with Gasteiger partial charge in [-0.15, -0.1) is 0 Å². The summed E-state index contributed by atoms with van der Waals surface area (Å²) < 4.78 is 5.46. The van der Waals surface area contributed by atoms with Gasteiger partial charge in [0, 0.05) is 45.7 Å². The predicted molar refractivity (Wildman–Crippen MR) is 110 cm³/mol. The van der Waals surface area contributed by atoms with Gasteiger partial charge >= 0.3 is 6.09 Å². The van der Waals surface area contributed by atoms with Gasteiger partial charge in [0.25, 0.3) is 0 Å². The third-order valence-corrected chi connectivity index (χ3v) is 6.30. The molecule has 7 nitrogen and oxygen atoms in total. The first-order chi connectivity index (χ1) is 13.7. The summed E-state index contributed by atoms with van der Waals surface area (Å²) >= 11 is 0. The molecule has 3 fully saturated rings. The Balaban J connectivity index is 1.46. The summed E-state index contributed by atoms with van der Waals surface area (Å²) in [5.74, 6) is 0.749. The fourth-order valence-corrected chi connectivity index (χ4v) is 4.70. The molecule has 1 atom stereocenters. The zero-order valence-corrected chi connectivity index (χ0v) is 18.3. The van der Waals surface area contributed by atoms with E-state index in [2.05, 4.69) is 0 Å². The Morgan fingerprint density at radius 3 is 2.07 bits per heavy atom. The van der Waals surface area contributed by atoms with Crippen molar-refractivity contribution >= 4 is 17.9 Å². The topological polar surface area (TPSA) is 70.2 Å². The summed E-state index contributed by atoms with van der Waals surface area (Å²) in [5, 5.41) is 0. The average Bonchev–Trinajstić information content (AvgIpc) is 3.19. The van der Waals surface area contributed by atoms with Gasteiger partial charge in [-0.05, 0) is 52.4 Å². The molecule has 7 heteroatoms. The van der Waals surface area contributed by atoms with E-state index in [1.54, 1.807) is 4.90 Å². The largest absolute Gasteiger partial charge is 0.444 e. The summed E-state index contributed by atoms with van der Waals surface area (Å²) in [6.45, 7) is 9.06. The van der Waals surface area contributed by atoms with Gasteiger partial charge < -0.3 is 19.4 Å². The number of ether oxygens (including phenoxy) is 1. The Labute approximate surface area is 174 Å². The number of nitrogens with zero attached hydrogens (tertiary/aromatic N) is 3. The van der Waals surface area contributed by atoms with Crippen molar-refractivity contribution in [3.8, 4) is 0 Å². The molecule has 0 aromatic rings. The smallest absolute Gasteiger partial charge is 0.410 e. The van der Waals surface area contributed by atoms with Crippen molar-refractivity contribution in [3.63, 3.8) is 0 Å². The molecule has 3 amide bonds. The van der Waals surface area contributed by atoms with Crippen molar-refractivity contribution in [2.75, 3.05) is 39.3 Å². The molecule has 3 aliphatic rings. The Morgan fingerprint density at radius 2 is 1.45 bits per heavy atom. The van der Waals surface area contributed by atoms with Gasteiger partial charge in [-0.2, -0.15) is 0 Å². The van der Waals surface area contributed by atoms with Crippen LogP contribution in [0.2, 0.25) is 0 Å². The van der Waals surface area contributed by atoms with Gasteiger partial charge in [0.15, 0.2) is 0 Å². The van der Waals surface area contributed by atoms with Crippen molar-refractivity contribution < 1.29 is 19.1 Å². The molecule has 0 aromatic carbocycles. The molecule has 1 unspecified atom stereocenters. The van der Waals surface area contributed by atoms with Crippen molar-refractivity contribution in [1.29, 1.82) is 0 Å². The lowest BCUT2D eigenvalue weighted by molar-refractivity contribution is -0.143. The van der Waals surface area contributed by atoms with Crippen molar-refractivity contribution in [3.05, 3.63) is 0 Å². The highest BCUT2D eigenvalue weighted by Gasteiger charge is 2.35. The number of likely N-dealkylation sites (tertiary alicyclic amines) is 1. The molecular formula is C22H37N3O4. The lowest BCUT2D eigenvalue weighted by Gasteiger charge is -2.39. The van der Waals surface area contributed by atoms with E-state index >= 15 is 0 Å². The Hall–Kier alpha value is -1.79. The third-order valence-electron chi connectivity index (χ3n) is 6.30. The quantitative estimate of drug-likeness (QED) is 0.721. The van der Waals surface area contributed by atoms with Gasteiger partial charge in [-0.3, -0.25) is 9.59 Å². The van der Waals surface area contributed by atoms with Crippen LogP contribution >= 0.6 is 0 Å². The molecular weight excluding hydrogens is 370 g/mol. The Kier molecular flexibility index (Phi) is 7.06. The molecule has 3 rings (SSSR count). The fraction of sp³-hybridized carbons (Fsp3) is 0.864. The van der Waals surface area contributed by atoms with Crippen LogP contribution in [-0.2, 0) is 14.3 Å². The van der Waals surface area contributed by atoms with Gasteiger partial charge in [-0.1, -0.05) is 12.8 Å². The summed E-state index contributed by atoms with van der Waals surface area (Å²) in [5.41, 5.74) is -0.532. The zero-order chi connectivity index (χ0) is 21.0. The molecule has 1 aliphatic carbocycles. The van der Waals surface area contributed by atoms with E-state index in [1.807, 2.05) is 30.6 Å². The minimum absolute atomic E-state index is 0.112. The molecule has 1 saturated carbocycles. The summed E-state index contributed by atoms with van der Waals surface area (Å²) in [7, 11) is 0. The molecule has 0 spiro atoms. The SMILES string of the molecule is CC(C)(C)OC(=O)N1CCCC(C(=O)N2CCN(C(=O)CC3CCCC3)CC2)C1. The first kappa shape index (κ1) is 21.9. The molecule has 164 valence electrons. The Morgan fingerprint density at radius 1 is 0.828 bits per heavy atom. The minimum atomic E-state index is -0.532. The first-order valence-corrected chi connectivity index (χ1v) is 11.3.